The van der Waals surface area contributed by atoms with E-state index in [1.165, 1.54) is 25.1 Å². The smallest absolute Gasteiger partial charge is 0.336 e. The van der Waals surface area contributed by atoms with E-state index in [-0.39, 0.29) is 29.3 Å². The molecule has 5 heteroatoms. The second-order valence-electron chi connectivity index (χ2n) is 4.49. The van der Waals surface area contributed by atoms with E-state index >= 15 is 0 Å². The number of rotatable bonds is 5. The molecule has 0 aliphatic carbocycles. The van der Waals surface area contributed by atoms with Gasteiger partial charge in [0.15, 0.2) is 5.78 Å². The number of benzene rings is 2. The van der Waals surface area contributed by atoms with Crippen LogP contribution in [-0.4, -0.2) is 22.0 Å². The monoisotopic (exact) mass is 286 g/mol. The van der Waals surface area contributed by atoms with E-state index < -0.39 is 5.97 Å². The number of Topliss-reactive ketones (excluding diaryl/α,β-unsaturated/α-hetero) is 1. The Balaban J connectivity index is 2.22. The summed E-state index contributed by atoms with van der Waals surface area (Å²) in [5.41, 5.74) is 0.625. The lowest BCUT2D eigenvalue weighted by atomic mass is 10.0. The summed E-state index contributed by atoms with van der Waals surface area (Å²) in [6, 6.07) is 11.0. The van der Waals surface area contributed by atoms with E-state index in [9.17, 15) is 14.7 Å². The van der Waals surface area contributed by atoms with Crippen molar-refractivity contribution in [3.05, 3.63) is 59.2 Å². The van der Waals surface area contributed by atoms with Crippen molar-refractivity contribution in [3.8, 4) is 11.5 Å². The highest BCUT2D eigenvalue weighted by molar-refractivity contribution is 6.05. The number of phenols is 1. The van der Waals surface area contributed by atoms with E-state index in [0.29, 0.717) is 11.3 Å². The second-order valence-corrected chi connectivity index (χ2v) is 4.49. The molecule has 2 N–H and O–H groups in total. The van der Waals surface area contributed by atoms with Gasteiger partial charge in [-0.05, 0) is 31.2 Å². The summed E-state index contributed by atoms with van der Waals surface area (Å²) in [7, 11) is 0. The molecule has 0 fully saturated rings. The van der Waals surface area contributed by atoms with Gasteiger partial charge in [-0.3, -0.25) is 4.79 Å². The first-order valence-electron chi connectivity index (χ1n) is 6.27. The number of aromatic hydroxyl groups is 1. The molecule has 21 heavy (non-hydrogen) atoms. The Morgan fingerprint density at radius 1 is 1.10 bits per heavy atom. The number of phenolic OH excluding ortho intramolecular Hbond substituents is 1. The summed E-state index contributed by atoms with van der Waals surface area (Å²) in [6.07, 6.45) is 0. The zero-order valence-corrected chi connectivity index (χ0v) is 11.4. The average Bonchev–Trinajstić information content (AvgIpc) is 2.46. The van der Waals surface area contributed by atoms with Crippen molar-refractivity contribution in [1.82, 2.24) is 0 Å². The molecule has 0 aliphatic rings. The SMILES string of the molecule is CC(=O)c1ccc(OCc2ccccc2O)cc1C(=O)O. The van der Waals surface area contributed by atoms with Crippen LogP contribution in [0.4, 0.5) is 0 Å². The molecule has 0 bridgehead atoms. The Bertz CT molecular complexity index is 691. The fourth-order valence-electron chi connectivity index (χ4n) is 1.89. The Morgan fingerprint density at radius 2 is 1.81 bits per heavy atom. The molecular formula is C16H14O5. The first-order chi connectivity index (χ1) is 9.99. The lowest BCUT2D eigenvalue weighted by molar-refractivity contribution is 0.0691. The van der Waals surface area contributed by atoms with Crippen molar-refractivity contribution in [2.24, 2.45) is 0 Å². The van der Waals surface area contributed by atoms with Crippen LogP contribution in [0.25, 0.3) is 0 Å². The highest BCUT2D eigenvalue weighted by Crippen LogP contribution is 2.22. The van der Waals surface area contributed by atoms with Crippen LogP contribution in [0.5, 0.6) is 11.5 Å². The quantitative estimate of drug-likeness (QED) is 0.826. The van der Waals surface area contributed by atoms with Gasteiger partial charge in [0.1, 0.15) is 18.1 Å². The Kier molecular flexibility index (Phi) is 4.23. The third kappa shape index (κ3) is 3.39. The van der Waals surface area contributed by atoms with Crippen molar-refractivity contribution >= 4 is 11.8 Å². The van der Waals surface area contributed by atoms with Gasteiger partial charge in [0.05, 0.1) is 5.56 Å². The standard InChI is InChI=1S/C16H14O5/c1-10(17)13-7-6-12(8-14(13)16(19)20)21-9-11-4-2-3-5-15(11)18/h2-8,18H,9H2,1H3,(H,19,20). The number of para-hydroxylation sites is 1. The summed E-state index contributed by atoms with van der Waals surface area (Å²) in [5.74, 6) is -1.08. The number of aromatic carboxylic acids is 1. The topological polar surface area (TPSA) is 83.8 Å². The van der Waals surface area contributed by atoms with Crippen molar-refractivity contribution in [1.29, 1.82) is 0 Å². The van der Waals surface area contributed by atoms with E-state index in [4.69, 9.17) is 9.84 Å². The summed E-state index contributed by atoms with van der Waals surface area (Å²) in [5, 5.41) is 18.8. The first kappa shape index (κ1) is 14.6. The van der Waals surface area contributed by atoms with Crippen molar-refractivity contribution in [2.75, 3.05) is 0 Å². The summed E-state index contributed by atoms with van der Waals surface area (Å²) >= 11 is 0. The molecule has 0 spiro atoms. The number of ether oxygens (including phenoxy) is 1. The van der Waals surface area contributed by atoms with Crippen LogP contribution in [0.2, 0.25) is 0 Å². The predicted octanol–water partition coefficient (Wildman–Crippen LogP) is 2.87. The number of carboxylic acids is 1. The molecule has 0 saturated heterocycles. The number of carbonyl (C=O) groups is 2. The average molecular weight is 286 g/mol. The van der Waals surface area contributed by atoms with Crippen molar-refractivity contribution < 1.29 is 24.5 Å². The van der Waals surface area contributed by atoms with E-state index in [1.807, 2.05) is 0 Å². The molecule has 0 heterocycles. The molecule has 108 valence electrons. The Labute approximate surface area is 121 Å². The Hall–Kier alpha value is -2.82. The molecule has 0 aromatic heterocycles. The Morgan fingerprint density at radius 3 is 2.43 bits per heavy atom. The zero-order chi connectivity index (χ0) is 15.4. The number of hydrogen-bond donors (Lipinski definition) is 2. The van der Waals surface area contributed by atoms with E-state index in [2.05, 4.69) is 0 Å². The fourth-order valence-corrected chi connectivity index (χ4v) is 1.89. The molecule has 2 rings (SSSR count). The molecule has 0 atom stereocenters. The third-order valence-electron chi connectivity index (χ3n) is 2.99. The fraction of sp³-hybridized carbons (Fsp3) is 0.125. The third-order valence-corrected chi connectivity index (χ3v) is 2.99. The summed E-state index contributed by atoms with van der Waals surface area (Å²) < 4.78 is 5.46. The number of ketones is 1. The molecule has 0 aliphatic heterocycles. The van der Waals surface area contributed by atoms with Gasteiger partial charge in [0, 0.05) is 11.1 Å². The van der Waals surface area contributed by atoms with Gasteiger partial charge < -0.3 is 14.9 Å². The maximum Gasteiger partial charge on any atom is 0.336 e. The number of carboxylic acid groups (broad SMARTS) is 1. The molecule has 5 nitrogen and oxygen atoms in total. The summed E-state index contributed by atoms with van der Waals surface area (Å²) in [6.45, 7) is 1.41. The number of carbonyl (C=O) groups excluding carboxylic acids is 1. The summed E-state index contributed by atoms with van der Waals surface area (Å²) in [4.78, 5) is 22.5. The predicted molar refractivity (Wildman–Crippen MR) is 75.8 cm³/mol. The molecule has 0 radical (unpaired) electrons. The molecule has 2 aromatic carbocycles. The van der Waals surface area contributed by atoms with Gasteiger partial charge in [-0.2, -0.15) is 0 Å². The van der Waals surface area contributed by atoms with Crippen LogP contribution in [-0.2, 0) is 6.61 Å². The maximum atomic E-state index is 11.4. The van der Waals surface area contributed by atoms with E-state index in [1.54, 1.807) is 24.3 Å². The lowest BCUT2D eigenvalue weighted by Gasteiger charge is -2.10. The van der Waals surface area contributed by atoms with Gasteiger partial charge in [-0.1, -0.05) is 18.2 Å². The molecular weight excluding hydrogens is 272 g/mol. The van der Waals surface area contributed by atoms with Crippen LogP contribution in [0.1, 0.15) is 33.2 Å². The number of hydrogen-bond acceptors (Lipinski definition) is 4. The second kappa shape index (κ2) is 6.09. The molecule has 0 amide bonds. The van der Waals surface area contributed by atoms with Gasteiger partial charge in [-0.15, -0.1) is 0 Å². The zero-order valence-electron chi connectivity index (χ0n) is 11.4. The lowest BCUT2D eigenvalue weighted by Crippen LogP contribution is -2.07. The van der Waals surface area contributed by atoms with E-state index in [0.717, 1.165) is 0 Å². The van der Waals surface area contributed by atoms with Crippen LogP contribution in [0, 0.1) is 0 Å². The van der Waals surface area contributed by atoms with Gasteiger partial charge in [0.25, 0.3) is 0 Å². The minimum Gasteiger partial charge on any atom is -0.508 e. The largest absolute Gasteiger partial charge is 0.508 e. The highest BCUT2D eigenvalue weighted by Gasteiger charge is 2.15. The minimum atomic E-state index is -1.19. The highest BCUT2D eigenvalue weighted by atomic mass is 16.5. The normalized spacial score (nSPS) is 10.1. The first-order valence-corrected chi connectivity index (χ1v) is 6.27. The molecule has 0 saturated carbocycles. The van der Waals surface area contributed by atoms with Gasteiger partial charge in [0.2, 0.25) is 0 Å². The molecule has 0 unspecified atom stereocenters. The van der Waals surface area contributed by atoms with Gasteiger partial charge >= 0.3 is 5.97 Å². The molecule has 2 aromatic rings. The minimum absolute atomic E-state index is 0.0997. The van der Waals surface area contributed by atoms with Crippen LogP contribution < -0.4 is 4.74 Å². The van der Waals surface area contributed by atoms with Crippen LogP contribution in [0.3, 0.4) is 0 Å². The van der Waals surface area contributed by atoms with Crippen LogP contribution >= 0.6 is 0 Å². The van der Waals surface area contributed by atoms with Crippen molar-refractivity contribution in [3.63, 3.8) is 0 Å². The van der Waals surface area contributed by atoms with Crippen molar-refractivity contribution in [2.45, 2.75) is 13.5 Å². The van der Waals surface area contributed by atoms with Gasteiger partial charge in [-0.25, -0.2) is 4.79 Å². The van der Waals surface area contributed by atoms with Crippen LogP contribution in [0.15, 0.2) is 42.5 Å². The maximum absolute atomic E-state index is 11.4.